The van der Waals surface area contributed by atoms with Gasteiger partial charge in [0.1, 0.15) is 11.6 Å². The summed E-state index contributed by atoms with van der Waals surface area (Å²) in [5, 5.41) is 2.73. The number of piperidine rings is 1. The van der Waals surface area contributed by atoms with E-state index in [0.717, 1.165) is 24.9 Å². The van der Waals surface area contributed by atoms with Crippen molar-refractivity contribution in [3.8, 4) is 5.69 Å². The van der Waals surface area contributed by atoms with Crippen molar-refractivity contribution in [3.63, 3.8) is 0 Å². The van der Waals surface area contributed by atoms with Crippen LogP contribution in [0.1, 0.15) is 70.2 Å². The highest BCUT2D eigenvalue weighted by molar-refractivity contribution is 5.98. The molecule has 0 bridgehead atoms. The van der Waals surface area contributed by atoms with Crippen LogP contribution in [0.4, 0.5) is 0 Å². The number of nitrogens with zero attached hydrogens (tertiary/aromatic N) is 3. The molecule has 1 aromatic heterocycles. The summed E-state index contributed by atoms with van der Waals surface area (Å²) in [6, 6.07) is 10.8. The lowest BCUT2D eigenvalue weighted by Gasteiger charge is -2.39. The van der Waals surface area contributed by atoms with E-state index in [2.05, 4.69) is 5.32 Å². The van der Waals surface area contributed by atoms with Gasteiger partial charge in [-0.2, -0.15) is 0 Å². The van der Waals surface area contributed by atoms with Crippen LogP contribution < -0.4 is 5.32 Å². The number of benzene rings is 1. The zero-order valence-electron chi connectivity index (χ0n) is 23.4. The SMILES string of the molecule is CC(=O)N[C@@H](CCC(=O)OC(C)(C)C)C(=O)N1CCC2(CCN(C(=O)c3ccccc3-n3cccc3)CC2)C1. The van der Waals surface area contributed by atoms with Gasteiger partial charge in [-0.3, -0.25) is 19.2 Å². The van der Waals surface area contributed by atoms with Crippen LogP contribution in [0, 0.1) is 5.41 Å². The third kappa shape index (κ3) is 7.07. The molecule has 1 atom stereocenters. The molecule has 9 heteroatoms. The van der Waals surface area contributed by atoms with Crippen LogP contribution in [0.5, 0.6) is 0 Å². The van der Waals surface area contributed by atoms with Crippen molar-refractivity contribution in [2.45, 2.75) is 71.4 Å². The van der Waals surface area contributed by atoms with Crippen molar-refractivity contribution in [2.24, 2.45) is 5.41 Å². The lowest BCUT2D eigenvalue weighted by atomic mass is 9.77. The van der Waals surface area contributed by atoms with E-state index < -0.39 is 11.6 Å². The Morgan fingerprint density at radius 1 is 0.949 bits per heavy atom. The lowest BCUT2D eigenvalue weighted by molar-refractivity contribution is -0.155. The van der Waals surface area contributed by atoms with E-state index in [1.54, 1.807) is 20.8 Å². The minimum Gasteiger partial charge on any atom is -0.460 e. The zero-order valence-corrected chi connectivity index (χ0v) is 23.4. The summed E-state index contributed by atoms with van der Waals surface area (Å²) in [6.45, 7) is 9.23. The maximum absolute atomic E-state index is 13.5. The smallest absolute Gasteiger partial charge is 0.306 e. The average Bonchev–Trinajstić information content (AvgIpc) is 3.56. The number of likely N-dealkylation sites (tertiary alicyclic amines) is 2. The first-order valence-electron chi connectivity index (χ1n) is 13.8. The highest BCUT2D eigenvalue weighted by Gasteiger charge is 2.44. The minimum atomic E-state index is -0.767. The molecular formula is C30H40N4O5. The van der Waals surface area contributed by atoms with E-state index in [9.17, 15) is 19.2 Å². The van der Waals surface area contributed by atoms with E-state index in [0.29, 0.717) is 31.7 Å². The molecular weight excluding hydrogens is 496 g/mol. The number of para-hydroxylation sites is 1. The van der Waals surface area contributed by atoms with Gasteiger partial charge in [0.2, 0.25) is 11.8 Å². The summed E-state index contributed by atoms with van der Waals surface area (Å²) >= 11 is 0. The third-order valence-electron chi connectivity index (χ3n) is 7.61. The van der Waals surface area contributed by atoms with Crippen LogP contribution in [0.25, 0.3) is 5.69 Å². The number of aromatic nitrogens is 1. The molecule has 3 amide bonds. The number of ether oxygens (including phenoxy) is 1. The number of nitrogens with one attached hydrogen (secondary N) is 1. The van der Waals surface area contributed by atoms with Gasteiger partial charge in [0, 0.05) is 51.9 Å². The van der Waals surface area contributed by atoms with Crippen molar-refractivity contribution in [1.29, 1.82) is 0 Å². The summed E-state index contributed by atoms with van der Waals surface area (Å²) in [5.41, 5.74) is 0.891. The molecule has 1 N–H and O–H groups in total. The van der Waals surface area contributed by atoms with Crippen molar-refractivity contribution < 1.29 is 23.9 Å². The van der Waals surface area contributed by atoms with Gasteiger partial charge >= 0.3 is 5.97 Å². The van der Waals surface area contributed by atoms with Gasteiger partial charge in [-0.05, 0) is 76.1 Å². The van der Waals surface area contributed by atoms with Gasteiger partial charge in [-0.1, -0.05) is 12.1 Å². The quantitative estimate of drug-likeness (QED) is 0.546. The molecule has 0 aliphatic carbocycles. The Hall–Kier alpha value is -3.62. The fraction of sp³-hybridized carbons (Fsp3) is 0.533. The van der Waals surface area contributed by atoms with Crippen molar-refractivity contribution in [3.05, 3.63) is 54.4 Å². The fourth-order valence-electron chi connectivity index (χ4n) is 5.64. The van der Waals surface area contributed by atoms with E-state index >= 15 is 0 Å². The Bertz CT molecular complexity index is 1190. The molecule has 4 rings (SSSR count). The molecule has 9 nitrogen and oxygen atoms in total. The molecule has 2 fully saturated rings. The van der Waals surface area contributed by atoms with Gasteiger partial charge in [0.05, 0.1) is 11.3 Å². The average molecular weight is 537 g/mol. The minimum absolute atomic E-state index is 0.0212. The first kappa shape index (κ1) is 28.4. The summed E-state index contributed by atoms with van der Waals surface area (Å²) in [7, 11) is 0. The Kier molecular flexibility index (Phi) is 8.47. The van der Waals surface area contributed by atoms with E-state index in [1.807, 2.05) is 63.2 Å². The molecule has 2 saturated heterocycles. The number of hydrogen-bond acceptors (Lipinski definition) is 5. The first-order valence-corrected chi connectivity index (χ1v) is 13.8. The normalized spacial score (nSPS) is 17.6. The van der Waals surface area contributed by atoms with E-state index in [4.69, 9.17) is 4.74 Å². The van der Waals surface area contributed by atoms with Gasteiger partial charge in [-0.15, -0.1) is 0 Å². The van der Waals surface area contributed by atoms with Gasteiger partial charge < -0.3 is 24.4 Å². The highest BCUT2D eigenvalue weighted by atomic mass is 16.6. The predicted octanol–water partition coefficient (Wildman–Crippen LogP) is 3.56. The van der Waals surface area contributed by atoms with E-state index in [1.165, 1.54) is 6.92 Å². The van der Waals surface area contributed by atoms with Crippen LogP contribution in [0.3, 0.4) is 0 Å². The van der Waals surface area contributed by atoms with Crippen molar-refractivity contribution in [1.82, 2.24) is 19.7 Å². The Morgan fingerprint density at radius 2 is 1.56 bits per heavy atom. The lowest BCUT2D eigenvalue weighted by Crippen LogP contribution is -2.49. The predicted molar refractivity (Wildman–Crippen MR) is 147 cm³/mol. The van der Waals surface area contributed by atoms with Crippen LogP contribution in [-0.4, -0.2) is 75.9 Å². The largest absolute Gasteiger partial charge is 0.460 e. The zero-order chi connectivity index (χ0) is 28.2. The number of hydrogen-bond donors (Lipinski definition) is 1. The number of carbonyl (C=O) groups is 4. The van der Waals surface area contributed by atoms with Gasteiger partial charge in [0.25, 0.3) is 5.91 Å². The molecule has 39 heavy (non-hydrogen) atoms. The molecule has 0 unspecified atom stereocenters. The molecule has 3 heterocycles. The summed E-state index contributed by atoms with van der Waals surface area (Å²) in [6.07, 6.45) is 6.61. The Morgan fingerprint density at radius 3 is 2.18 bits per heavy atom. The molecule has 0 radical (unpaired) electrons. The molecule has 210 valence electrons. The third-order valence-corrected chi connectivity index (χ3v) is 7.61. The van der Waals surface area contributed by atoms with Crippen LogP contribution in [0.2, 0.25) is 0 Å². The molecule has 2 aromatic rings. The second-order valence-corrected chi connectivity index (χ2v) is 11.8. The molecule has 2 aliphatic rings. The number of amides is 3. The number of rotatable bonds is 7. The van der Waals surface area contributed by atoms with Crippen LogP contribution in [0.15, 0.2) is 48.8 Å². The summed E-state index contributed by atoms with van der Waals surface area (Å²) < 4.78 is 7.32. The fourth-order valence-corrected chi connectivity index (χ4v) is 5.64. The standard InChI is InChI=1S/C30H40N4O5/c1-22(35)31-24(11-12-26(36)39-29(2,3)4)28(38)34-20-15-30(21-34)13-18-33(19-14-30)27(37)23-9-5-6-10-25(23)32-16-7-8-17-32/h5-10,16-17,24H,11-15,18-21H2,1-4H3,(H,31,35)/t24-/m0/s1. The van der Waals surface area contributed by atoms with Gasteiger partial charge in [-0.25, -0.2) is 0 Å². The second kappa shape index (κ2) is 11.6. The number of carbonyl (C=O) groups excluding carboxylic acids is 4. The molecule has 1 spiro atoms. The van der Waals surface area contributed by atoms with Gasteiger partial charge in [0.15, 0.2) is 0 Å². The van der Waals surface area contributed by atoms with Crippen LogP contribution in [-0.2, 0) is 19.1 Å². The summed E-state index contributed by atoms with van der Waals surface area (Å²) in [4.78, 5) is 54.6. The van der Waals surface area contributed by atoms with Crippen molar-refractivity contribution >= 4 is 23.7 Å². The highest BCUT2D eigenvalue weighted by Crippen LogP contribution is 2.41. The maximum Gasteiger partial charge on any atom is 0.306 e. The second-order valence-electron chi connectivity index (χ2n) is 11.8. The monoisotopic (exact) mass is 536 g/mol. The Labute approximate surface area is 230 Å². The Balaban J connectivity index is 1.35. The summed E-state index contributed by atoms with van der Waals surface area (Å²) in [5.74, 6) is -0.838. The van der Waals surface area contributed by atoms with Crippen molar-refractivity contribution in [2.75, 3.05) is 26.2 Å². The number of esters is 1. The molecule has 1 aromatic carbocycles. The maximum atomic E-state index is 13.5. The topological polar surface area (TPSA) is 101 Å². The first-order chi connectivity index (χ1) is 18.5. The molecule has 0 saturated carbocycles. The van der Waals surface area contributed by atoms with Crippen LogP contribution >= 0.6 is 0 Å². The van der Waals surface area contributed by atoms with E-state index in [-0.39, 0.29) is 41.9 Å². The molecule has 2 aliphatic heterocycles.